The summed E-state index contributed by atoms with van der Waals surface area (Å²) in [6.07, 6.45) is 5.26. The van der Waals surface area contributed by atoms with Crippen LogP contribution in [0.4, 0.5) is 0 Å². The molecule has 2 aliphatic heterocycles. The molecule has 4 rings (SSSR count). The summed E-state index contributed by atoms with van der Waals surface area (Å²) < 4.78 is 7.80. The molecular formula is C23H35N5O. The molecule has 2 aromatic rings. The second-order valence-electron chi connectivity index (χ2n) is 8.68. The maximum Gasteiger partial charge on any atom is 0.127 e. The van der Waals surface area contributed by atoms with E-state index in [1.165, 1.54) is 44.8 Å². The van der Waals surface area contributed by atoms with E-state index in [9.17, 15) is 0 Å². The molecule has 0 bridgehead atoms. The second kappa shape index (κ2) is 9.85. The Morgan fingerprint density at radius 1 is 1.00 bits per heavy atom. The number of imidazole rings is 1. The van der Waals surface area contributed by atoms with E-state index in [2.05, 4.69) is 67.8 Å². The first-order valence-corrected chi connectivity index (χ1v) is 10.9. The molecule has 0 amide bonds. The Morgan fingerprint density at radius 3 is 2.66 bits per heavy atom. The van der Waals surface area contributed by atoms with Gasteiger partial charge in [-0.05, 0) is 44.6 Å². The monoisotopic (exact) mass is 397 g/mol. The molecule has 2 fully saturated rings. The van der Waals surface area contributed by atoms with Gasteiger partial charge in [0.25, 0.3) is 0 Å². The van der Waals surface area contributed by atoms with Crippen LogP contribution in [0.15, 0.2) is 42.7 Å². The molecule has 2 saturated heterocycles. The van der Waals surface area contributed by atoms with Crippen molar-refractivity contribution in [2.24, 2.45) is 11.8 Å². The zero-order valence-electron chi connectivity index (χ0n) is 17.9. The van der Waals surface area contributed by atoms with Gasteiger partial charge >= 0.3 is 0 Å². The van der Waals surface area contributed by atoms with Gasteiger partial charge in [-0.2, -0.15) is 0 Å². The highest BCUT2D eigenvalue weighted by molar-refractivity contribution is 5.32. The molecule has 0 saturated carbocycles. The van der Waals surface area contributed by atoms with E-state index >= 15 is 0 Å². The molecule has 2 aliphatic rings. The van der Waals surface area contributed by atoms with Crippen LogP contribution in [-0.2, 0) is 11.3 Å². The molecule has 29 heavy (non-hydrogen) atoms. The maximum absolute atomic E-state index is 5.59. The predicted octanol–water partition coefficient (Wildman–Crippen LogP) is 2.20. The van der Waals surface area contributed by atoms with E-state index in [1.807, 2.05) is 13.3 Å². The van der Waals surface area contributed by atoms with Gasteiger partial charge in [0.05, 0.1) is 13.2 Å². The Balaban J connectivity index is 1.40. The van der Waals surface area contributed by atoms with Crippen molar-refractivity contribution < 1.29 is 4.74 Å². The normalized spacial score (nSPS) is 24.8. The van der Waals surface area contributed by atoms with Crippen LogP contribution in [0.3, 0.4) is 0 Å². The zero-order valence-corrected chi connectivity index (χ0v) is 17.9. The number of ether oxygens (including phenoxy) is 1. The van der Waals surface area contributed by atoms with Gasteiger partial charge in [-0.15, -0.1) is 0 Å². The van der Waals surface area contributed by atoms with Crippen molar-refractivity contribution in [3.05, 3.63) is 48.5 Å². The summed E-state index contributed by atoms with van der Waals surface area (Å²) in [5, 5.41) is 0. The number of hydrogen-bond donors (Lipinski definition) is 0. The first kappa shape index (κ1) is 20.5. The summed E-state index contributed by atoms with van der Waals surface area (Å²) in [7, 11) is 4.08. The molecule has 0 N–H and O–H groups in total. The van der Waals surface area contributed by atoms with Crippen molar-refractivity contribution in [1.82, 2.24) is 24.3 Å². The van der Waals surface area contributed by atoms with Gasteiger partial charge in [0.15, 0.2) is 0 Å². The molecule has 1 aromatic heterocycles. The molecule has 2 atom stereocenters. The molecule has 0 spiro atoms. The van der Waals surface area contributed by atoms with Gasteiger partial charge < -0.3 is 19.1 Å². The lowest BCUT2D eigenvalue weighted by Crippen LogP contribution is -2.36. The van der Waals surface area contributed by atoms with Crippen LogP contribution < -0.4 is 0 Å². The van der Waals surface area contributed by atoms with Crippen molar-refractivity contribution in [2.75, 3.05) is 66.6 Å². The highest BCUT2D eigenvalue weighted by atomic mass is 16.5. The lowest BCUT2D eigenvalue weighted by Gasteiger charge is -2.26. The standard InChI is InChI=1S/C23H35N5O/c1-25-10-6-11-26(14-13-25)15-20-16-27(17-21(20)19-29-2)18-23-24-9-12-28(23)22-7-4-3-5-8-22/h3-5,7-9,12,20-21H,6,10-11,13-19H2,1-2H3. The van der Waals surface area contributed by atoms with Gasteiger partial charge in [0, 0.05) is 63.8 Å². The van der Waals surface area contributed by atoms with Crippen molar-refractivity contribution in [3.63, 3.8) is 0 Å². The van der Waals surface area contributed by atoms with Crippen molar-refractivity contribution in [1.29, 1.82) is 0 Å². The largest absolute Gasteiger partial charge is 0.384 e. The van der Waals surface area contributed by atoms with E-state index in [0.717, 1.165) is 32.1 Å². The molecule has 0 aliphatic carbocycles. The molecule has 3 heterocycles. The quantitative estimate of drug-likeness (QED) is 0.716. The Morgan fingerprint density at radius 2 is 1.83 bits per heavy atom. The number of methoxy groups -OCH3 is 1. The van der Waals surface area contributed by atoms with Crippen LogP contribution in [0.5, 0.6) is 0 Å². The van der Waals surface area contributed by atoms with Gasteiger partial charge in [-0.25, -0.2) is 4.98 Å². The summed E-state index contributed by atoms with van der Waals surface area (Å²) in [5.74, 6) is 2.38. The molecule has 2 unspecified atom stereocenters. The Hall–Kier alpha value is -1.73. The number of aromatic nitrogens is 2. The van der Waals surface area contributed by atoms with Gasteiger partial charge in [-0.1, -0.05) is 18.2 Å². The molecule has 158 valence electrons. The number of likely N-dealkylation sites (N-methyl/N-ethyl adjacent to an activating group) is 1. The number of likely N-dealkylation sites (tertiary alicyclic amines) is 1. The minimum absolute atomic E-state index is 0.598. The van der Waals surface area contributed by atoms with Crippen molar-refractivity contribution >= 4 is 0 Å². The van der Waals surface area contributed by atoms with E-state index < -0.39 is 0 Å². The summed E-state index contributed by atoms with van der Waals surface area (Å²) in [4.78, 5) is 12.4. The minimum Gasteiger partial charge on any atom is -0.384 e. The van der Waals surface area contributed by atoms with Crippen LogP contribution in [-0.4, -0.2) is 90.8 Å². The molecule has 1 aromatic carbocycles. The highest BCUT2D eigenvalue weighted by Crippen LogP contribution is 2.27. The van der Waals surface area contributed by atoms with Crippen LogP contribution in [0.25, 0.3) is 5.69 Å². The third-order valence-electron chi connectivity index (χ3n) is 6.45. The first-order valence-electron chi connectivity index (χ1n) is 10.9. The SMILES string of the molecule is COCC1CN(Cc2nccn2-c2ccccc2)CC1CN1CCCN(C)CC1. The number of benzene rings is 1. The fourth-order valence-electron chi connectivity index (χ4n) is 4.86. The summed E-state index contributed by atoms with van der Waals surface area (Å²) >= 11 is 0. The molecule has 6 nitrogen and oxygen atoms in total. The number of nitrogens with zero attached hydrogens (tertiary/aromatic N) is 5. The number of rotatable bonds is 7. The van der Waals surface area contributed by atoms with Crippen LogP contribution in [0.1, 0.15) is 12.2 Å². The molecule has 6 heteroatoms. The highest BCUT2D eigenvalue weighted by Gasteiger charge is 2.34. The maximum atomic E-state index is 5.59. The number of para-hydroxylation sites is 1. The Labute approximate surface area is 175 Å². The van der Waals surface area contributed by atoms with E-state index in [-0.39, 0.29) is 0 Å². The van der Waals surface area contributed by atoms with Crippen LogP contribution in [0.2, 0.25) is 0 Å². The average Bonchev–Trinajstić information content (AvgIpc) is 3.28. The van der Waals surface area contributed by atoms with Gasteiger partial charge in [-0.3, -0.25) is 4.90 Å². The smallest absolute Gasteiger partial charge is 0.127 e. The predicted molar refractivity (Wildman–Crippen MR) is 116 cm³/mol. The topological polar surface area (TPSA) is 36.8 Å². The fraction of sp³-hybridized carbons (Fsp3) is 0.609. The van der Waals surface area contributed by atoms with E-state index in [1.54, 1.807) is 0 Å². The average molecular weight is 398 g/mol. The molecular weight excluding hydrogens is 362 g/mol. The summed E-state index contributed by atoms with van der Waals surface area (Å²) in [6.45, 7) is 9.95. The minimum atomic E-state index is 0.598. The lowest BCUT2D eigenvalue weighted by molar-refractivity contribution is 0.122. The Kier molecular flexibility index (Phi) is 6.98. The fourth-order valence-corrected chi connectivity index (χ4v) is 4.86. The first-order chi connectivity index (χ1) is 14.2. The van der Waals surface area contributed by atoms with E-state index in [4.69, 9.17) is 4.74 Å². The van der Waals surface area contributed by atoms with Crippen LogP contribution in [0, 0.1) is 11.8 Å². The van der Waals surface area contributed by atoms with Gasteiger partial charge in [0.1, 0.15) is 5.82 Å². The third-order valence-corrected chi connectivity index (χ3v) is 6.45. The third kappa shape index (κ3) is 5.25. The second-order valence-corrected chi connectivity index (χ2v) is 8.68. The zero-order chi connectivity index (χ0) is 20.1. The lowest BCUT2D eigenvalue weighted by atomic mass is 9.96. The summed E-state index contributed by atoms with van der Waals surface area (Å²) in [5.41, 5.74) is 1.18. The van der Waals surface area contributed by atoms with Crippen molar-refractivity contribution in [2.45, 2.75) is 13.0 Å². The Bertz CT molecular complexity index is 749. The summed E-state index contributed by atoms with van der Waals surface area (Å²) in [6, 6.07) is 10.5. The van der Waals surface area contributed by atoms with Crippen molar-refractivity contribution in [3.8, 4) is 5.69 Å². The van der Waals surface area contributed by atoms with E-state index in [0.29, 0.717) is 11.8 Å². The number of hydrogen-bond acceptors (Lipinski definition) is 5. The molecule has 0 radical (unpaired) electrons. The van der Waals surface area contributed by atoms with Gasteiger partial charge in [0.2, 0.25) is 0 Å². The van der Waals surface area contributed by atoms with Crippen LogP contribution >= 0.6 is 0 Å².